The van der Waals surface area contributed by atoms with Gasteiger partial charge in [-0.1, -0.05) is 24.3 Å². The molecule has 0 atom stereocenters. The first-order valence-corrected chi connectivity index (χ1v) is 10.4. The molecule has 1 aliphatic rings. The van der Waals surface area contributed by atoms with Crippen LogP contribution in [-0.2, 0) is 22.7 Å². The number of nitrogens with one attached hydrogen (secondary N) is 1. The van der Waals surface area contributed by atoms with Crippen molar-refractivity contribution in [3.05, 3.63) is 64.6 Å². The lowest BCUT2D eigenvalue weighted by atomic mass is 10.1. The van der Waals surface area contributed by atoms with E-state index >= 15 is 0 Å². The largest absolute Gasteiger partial charge is 0.419 e. The molecule has 1 saturated heterocycles. The summed E-state index contributed by atoms with van der Waals surface area (Å²) in [4.78, 5) is 40.0. The molecule has 0 spiro atoms. The van der Waals surface area contributed by atoms with E-state index in [1.165, 1.54) is 4.57 Å². The van der Waals surface area contributed by atoms with Gasteiger partial charge in [0, 0.05) is 58.3 Å². The zero-order valence-electron chi connectivity index (χ0n) is 17.5. The second kappa shape index (κ2) is 9.18. The van der Waals surface area contributed by atoms with E-state index in [2.05, 4.69) is 10.2 Å². The molecule has 8 nitrogen and oxygen atoms in total. The van der Waals surface area contributed by atoms with Crippen molar-refractivity contribution >= 4 is 28.6 Å². The van der Waals surface area contributed by atoms with Gasteiger partial charge in [-0.15, -0.1) is 0 Å². The van der Waals surface area contributed by atoms with Gasteiger partial charge in [-0.3, -0.25) is 19.1 Å². The van der Waals surface area contributed by atoms with Crippen LogP contribution in [0.15, 0.2) is 57.7 Å². The second-order valence-electron chi connectivity index (χ2n) is 7.76. The molecule has 0 bridgehead atoms. The highest BCUT2D eigenvalue weighted by Crippen LogP contribution is 2.15. The summed E-state index contributed by atoms with van der Waals surface area (Å²) in [5.74, 6) is -0.488. The maximum atomic E-state index is 12.3. The minimum Gasteiger partial charge on any atom is -0.408 e. The van der Waals surface area contributed by atoms with Gasteiger partial charge in [0.15, 0.2) is 5.58 Å². The molecule has 2 amide bonds. The highest BCUT2D eigenvalue weighted by atomic mass is 16.4. The Morgan fingerprint density at radius 3 is 2.42 bits per heavy atom. The number of hydrogen-bond acceptors (Lipinski definition) is 5. The van der Waals surface area contributed by atoms with Crippen LogP contribution in [0.5, 0.6) is 0 Å². The summed E-state index contributed by atoms with van der Waals surface area (Å²) in [5.41, 5.74) is 3.09. The van der Waals surface area contributed by atoms with Crippen LogP contribution < -0.4 is 11.1 Å². The van der Waals surface area contributed by atoms with Gasteiger partial charge in [-0.2, -0.15) is 0 Å². The van der Waals surface area contributed by atoms with Gasteiger partial charge in [0.05, 0.1) is 5.52 Å². The van der Waals surface area contributed by atoms with Crippen LogP contribution in [0.3, 0.4) is 0 Å². The average molecular weight is 422 g/mol. The Morgan fingerprint density at radius 1 is 1.00 bits per heavy atom. The number of oxazole rings is 1. The minimum absolute atomic E-state index is 0.130. The van der Waals surface area contributed by atoms with Gasteiger partial charge >= 0.3 is 5.76 Å². The van der Waals surface area contributed by atoms with E-state index in [0.29, 0.717) is 11.1 Å². The Hall–Kier alpha value is -3.39. The van der Waals surface area contributed by atoms with Gasteiger partial charge < -0.3 is 14.6 Å². The lowest BCUT2D eigenvalue weighted by molar-refractivity contribution is -0.130. The van der Waals surface area contributed by atoms with E-state index in [-0.39, 0.29) is 24.8 Å². The molecular formula is C23H26N4O4. The monoisotopic (exact) mass is 422 g/mol. The number of aryl methyl sites for hydroxylation is 1. The molecule has 2 aromatic carbocycles. The Bertz CT molecular complexity index is 1120. The minimum atomic E-state index is -0.456. The third-order valence-electron chi connectivity index (χ3n) is 5.60. The van der Waals surface area contributed by atoms with Crippen molar-refractivity contribution in [2.75, 3.05) is 31.5 Å². The van der Waals surface area contributed by atoms with E-state index in [4.69, 9.17) is 4.42 Å². The number of anilines is 1. The van der Waals surface area contributed by atoms with Crippen molar-refractivity contribution in [2.45, 2.75) is 26.4 Å². The first-order valence-electron chi connectivity index (χ1n) is 10.4. The number of benzene rings is 2. The zero-order chi connectivity index (χ0) is 21.8. The summed E-state index contributed by atoms with van der Waals surface area (Å²) in [6.45, 7) is 5.93. The molecule has 162 valence electrons. The van der Waals surface area contributed by atoms with Gasteiger partial charge in [0.1, 0.15) is 0 Å². The molecule has 0 radical (unpaired) electrons. The lowest BCUT2D eigenvalue weighted by Gasteiger charge is -2.34. The number of para-hydroxylation sites is 2. The number of piperazine rings is 1. The molecular weight excluding hydrogens is 396 g/mol. The Balaban J connectivity index is 1.28. The van der Waals surface area contributed by atoms with Crippen molar-refractivity contribution in [2.24, 2.45) is 0 Å². The zero-order valence-corrected chi connectivity index (χ0v) is 17.5. The molecule has 0 saturated carbocycles. The molecule has 2 heterocycles. The van der Waals surface area contributed by atoms with Crippen LogP contribution in [0, 0.1) is 0 Å². The topological polar surface area (TPSA) is 87.8 Å². The van der Waals surface area contributed by atoms with Crippen molar-refractivity contribution < 1.29 is 14.0 Å². The van der Waals surface area contributed by atoms with E-state index < -0.39 is 5.76 Å². The standard InChI is InChI=1S/C23H26N4O4/c1-17(28)26-14-12-25(13-15-26)16-18-6-8-19(9-7-18)24-22(29)10-11-27-20-4-2-3-5-21(20)31-23(27)30/h2-9H,10-16H2,1H3,(H,24,29). The van der Waals surface area contributed by atoms with Crippen LogP contribution in [0.25, 0.3) is 11.1 Å². The Labute approximate surface area is 180 Å². The summed E-state index contributed by atoms with van der Waals surface area (Å²) in [7, 11) is 0. The molecule has 1 aromatic heterocycles. The first kappa shape index (κ1) is 20.9. The van der Waals surface area contributed by atoms with Crippen molar-refractivity contribution in [3.8, 4) is 0 Å². The second-order valence-corrected chi connectivity index (χ2v) is 7.76. The average Bonchev–Trinajstić information content (AvgIpc) is 3.09. The molecule has 4 rings (SSSR count). The van der Waals surface area contributed by atoms with Gasteiger partial charge in [0.25, 0.3) is 0 Å². The Kier molecular flexibility index (Phi) is 6.18. The van der Waals surface area contributed by atoms with Crippen molar-refractivity contribution in [1.29, 1.82) is 0 Å². The number of nitrogens with zero attached hydrogens (tertiary/aromatic N) is 3. The van der Waals surface area contributed by atoms with Gasteiger partial charge in [-0.05, 0) is 29.8 Å². The predicted molar refractivity (Wildman–Crippen MR) is 118 cm³/mol. The number of carbonyl (C=O) groups is 2. The fraction of sp³-hybridized carbons (Fsp3) is 0.348. The van der Waals surface area contributed by atoms with E-state index in [1.807, 2.05) is 35.2 Å². The predicted octanol–water partition coefficient (Wildman–Crippen LogP) is 2.29. The number of amides is 2. The van der Waals surface area contributed by atoms with Crippen molar-refractivity contribution in [3.63, 3.8) is 0 Å². The molecule has 3 aromatic rings. The molecule has 31 heavy (non-hydrogen) atoms. The lowest BCUT2D eigenvalue weighted by Crippen LogP contribution is -2.47. The number of hydrogen-bond donors (Lipinski definition) is 1. The highest BCUT2D eigenvalue weighted by Gasteiger charge is 2.18. The molecule has 1 N–H and O–H groups in total. The molecule has 1 fully saturated rings. The van der Waals surface area contributed by atoms with Crippen LogP contribution in [-0.4, -0.2) is 52.4 Å². The van der Waals surface area contributed by atoms with Gasteiger partial charge in [-0.25, -0.2) is 4.79 Å². The SMILES string of the molecule is CC(=O)N1CCN(Cc2ccc(NC(=O)CCn3c(=O)oc4ccccc43)cc2)CC1. The summed E-state index contributed by atoms with van der Waals surface area (Å²) in [6.07, 6.45) is 0.172. The maximum Gasteiger partial charge on any atom is 0.419 e. The fourth-order valence-corrected chi connectivity index (χ4v) is 3.84. The summed E-state index contributed by atoms with van der Waals surface area (Å²) in [5, 5.41) is 2.88. The normalized spacial score (nSPS) is 14.7. The molecule has 0 aliphatic carbocycles. The molecule has 1 aliphatic heterocycles. The Morgan fingerprint density at radius 2 is 1.71 bits per heavy atom. The number of aromatic nitrogens is 1. The van der Waals surface area contributed by atoms with Crippen LogP contribution >= 0.6 is 0 Å². The van der Waals surface area contributed by atoms with Crippen LogP contribution in [0.4, 0.5) is 5.69 Å². The third kappa shape index (κ3) is 5.03. The quantitative estimate of drug-likeness (QED) is 0.659. The van der Waals surface area contributed by atoms with Crippen LogP contribution in [0.2, 0.25) is 0 Å². The first-order chi connectivity index (χ1) is 15.0. The van der Waals surface area contributed by atoms with E-state index in [0.717, 1.165) is 44.0 Å². The van der Waals surface area contributed by atoms with Crippen molar-refractivity contribution in [1.82, 2.24) is 14.4 Å². The highest BCUT2D eigenvalue weighted by molar-refractivity contribution is 5.90. The third-order valence-corrected chi connectivity index (χ3v) is 5.60. The summed E-state index contributed by atoms with van der Waals surface area (Å²) >= 11 is 0. The maximum absolute atomic E-state index is 12.3. The summed E-state index contributed by atoms with van der Waals surface area (Å²) < 4.78 is 6.67. The van der Waals surface area contributed by atoms with E-state index in [9.17, 15) is 14.4 Å². The number of rotatable bonds is 6. The number of carbonyl (C=O) groups excluding carboxylic acids is 2. The number of fused-ring (bicyclic) bond motifs is 1. The van der Waals surface area contributed by atoms with Crippen LogP contribution in [0.1, 0.15) is 18.9 Å². The van der Waals surface area contributed by atoms with E-state index in [1.54, 1.807) is 25.1 Å². The fourth-order valence-electron chi connectivity index (χ4n) is 3.84. The van der Waals surface area contributed by atoms with Gasteiger partial charge in [0.2, 0.25) is 11.8 Å². The smallest absolute Gasteiger partial charge is 0.408 e. The summed E-state index contributed by atoms with van der Waals surface area (Å²) in [6, 6.07) is 14.9. The molecule has 8 heteroatoms. The molecule has 0 unspecified atom stereocenters.